The van der Waals surface area contributed by atoms with Gasteiger partial charge in [-0.05, 0) is 53.1 Å². The van der Waals surface area contributed by atoms with E-state index in [-0.39, 0.29) is 5.91 Å². The van der Waals surface area contributed by atoms with Crippen molar-refractivity contribution in [3.05, 3.63) is 57.2 Å². The van der Waals surface area contributed by atoms with E-state index < -0.39 is 0 Å². The molecule has 6 heteroatoms. The summed E-state index contributed by atoms with van der Waals surface area (Å²) in [7, 11) is 3.13. The first kappa shape index (κ1) is 20.5. The van der Waals surface area contributed by atoms with E-state index in [9.17, 15) is 4.79 Å². The van der Waals surface area contributed by atoms with Crippen molar-refractivity contribution in [1.82, 2.24) is 5.32 Å². The minimum Gasteiger partial charge on any atom is -0.493 e. The van der Waals surface area contributed by atoms with E-state index in [2.05, 4.69) is 40.0 Å². The number of amides is 1. The molecule has 140 valence electrons. The summed E-state index contributed by atoms with van der Waals surface area (Å²) in [6, 6.07) is 13.7. The lowest BCUT2D eigenvalue weighted by atomic mass is 10.2. The molecule has 26 heavy (non-hydrogen) atoms. The largest absolute Gasteiger partial charge is 0.493 e. The van der Waals surface area contributed by atoms with Crippen molar-refractivity contribution in [2.45, 2.75) is 12.8 Å². The molecule has 0 aliphatic heterocycles. The van der Waals surface area contributed by atoms with Crippen LogP contribution in [-0.4, -0.2) is 39.9 Å². The maximum atomic E-state index is 12.4. The predicted octanol–water partition coefficient (Wildman–Crippen LogP) is 3.69. The van der Waals surface area contributed by atoms with Gasteiger partial charge in [-0.1, -0.05) is 30.3 Å². The van der Waals surface area contributed by atoms with Gasteiger partial charge in [0, 0.05) is 16.7 Å². The van der Waals surface area contributed by atoms with Crippen LogP contribution in [0.5, 0.6) is 11.5 Å². The molecule has 2 rings (SSSR count). The molecule has 0 unspecified atom stereocenters. The van der Waals surface area contributed by atoms with Crippen LogP contribution in [-0.2, 0) is 11.2 Å². The van der Waals surface area contributed by atoms with E-state index in [4.69, 9.17) is 14.2 Å². The molecule has 0 radical (unpaired) electrons. The van der Waals surface area contributed by atoms with Gasteiger partial charge in [0.25, 0.3) is 5.91 Å². The number of benzene rings is 2. The van der Waals surface area contributed by atoms with Crippen LogP contribution in [0.3, 0.4) is 0 Å². The average Bonchev–Trinajstić information content (AvgIpc) is 2.67. The summed E-state index contributed by atoms with van der Waals surface area (Å²) in [6.45, 7) is 1.87. The molecule has 0 aromatic heterocycles. The zero-order chi connectivity index (χ0) is 18.8. The van der Waals surface area contributed by atoms with Crippen molar-refractivity contribution < 1.29 is 19.0 Å². The first-order valence-corrected chi connectivity index (χ1v) is 9.55. The Hall–Kier alpha value is -1.80. The first-order valence-electron chi connectivity index (χ1n) is 8.47. The molecule has 0 bridgehead atoms. The van der Waals surface area contributed by atoms with Crippen molar-refractivity contribution >= 4 is 28.5 Å². The average molecular weight is 469 g/mol. The molecule has 0 atom stereocenters. The molecule has 5 nitrogen and oxygen atoms in total. The van der Waals surface area contributed by atoms with Gasteiger partial charge >= 0.3 is 0 Å². The van der Waals surface area contributed by atoms with E-state index in [1.165, 1.54) is 5.56 Å². The van der Waals surface area contributed by atoms with Gasteiger partial charge < -0.3 is 19.5 Å². The van der Waals surface area contributed by atoms with Gasteiger partial charge in [-0.3, -0.25) is 4.79 Å². The number of rotatable bonds is 10. The van der Waals surface area contributed by atoms with Crippen molar-refractivity contribution in [2.24, 2.45) is 0 Å². The Balaban J connectivity index is 1.70. The zero-order valence-electron chi connectivity index (χ0n) is 15.1. The van der Waals surface area contributed by atoms with Crippen LogP contribution in [0.1, 0.15) is 22.3 Å². The normalized spacial score (nSPS) is 10.4. The highest BCUT2D eigenvalue weighted by atomic mass is 127. The van der Waals surface area contributed by atoms with Gasteiger partial charge in [0.1, 0.15) is 0 Å². The van der Waals surface area contributed by atoms with Crippen molar-refractivity contribution in [3.8, 4) is 11.5 Å². The fourth-order valence-corrected chi connectivity index (χ4v) is 3.12. The van der Waals surface area contributed by atoms with Gasteiger partial charge in [0.05, 0.1) is 26.4 Å². The van der Waals surface area contributed by atoms with Crippen LogP contribution < -0.4 is 14.8 Å². The molecular formula is C20H24INO4. The van der Waals surface area contributed by atoms with Crippen LogP contribution in [0.25, 0.3) is 0 Å². The molecule has 2 aromatic rings. The minimum absolute atomic E-state index is 0.125. The molecule has 0 aliphatic carbocycles. The lowest BCUT2D eigenvalue weighted by molar-refractivity contribution is 0.0941. The first-order chi connectivity index (χ1) is 12.7. The van der Waals surface area contributed by atoms with E-state index in [1.807, 2.05) is 18.2 Å². The monoisotopic (exact) mass is 469 g/mol. The predicted molar refractivity (Wildman–Crippen MR) is 110 cm³/mol. The van der Waals surface area contributed by atoms with Gasteiger partial charge in [-0.25, -0.2) is 0 Å². The van der Waals surface area contributed by atoms with Crippen molar-refractivity contribution in [1.29, 1.82) is 0 Å². The quantitative estimate of drug-likeness (QED) is 0.426. The molecule has 1 amide bonds. The number of halogens is 1. The highest BCUT2D eigenvalue weighted by Crippen LogP contribution is 2.31. The Bertz CT molecular complexity index is 706. The third kappa shape index (κ3) is 6.17. The van der Waals surface area contributed by atoms with Crippen molar-refractivity contribution in [2.75, 3.05) is 34.0 Å². The van der Waals surface area contributed by atoms with Gasteiger partial charge in [0.15, 0.2) is 11.5 Å². The molecule has 0 saturated carbocycles. The standard InChI is InChI=1S/C20H24INO4/c1-24-18-13-16(17(21)14-19(18)25-2)20(23)22-10-6-11-26-12-9-15-7-4-3-5-8-15/h3-5,7-8,13-14H,6,9-12H2,1-2H3,(H,22,23). The summed E-state index contributed by atoms with van der Waals surface area (Å²) in [5, 5.41) is 2.92. The summed E-state index contributed by atoms with van der Waals surface area (Å²) in [5.41, 5.74) is 1.84. The number of ether oxygens (including phenoxy) is 3. The second-order valence-electron chi connectivity index (χ2n) is 5.64. The second-order valence-corrected chi connectivity index (χ2v) is 6.81. The maximum Gasteiger partial charge on any atom is 0.252 e. The van der Waals surface area contributed by atoms with Gasteiger partial charge in [-0.15, -0.1) is 0 Å². The minimum atomic E-state index is -0.125. The number of hydrogen-bond donors (Lipinski definition) is 1. The number of carbonyl (C=O) groups excluding carboxylic acids is 1. The van der Waals surface area contributed by atoms with E-state index in [0.29, 0.717) is 36.8 Å². The highest BCUT2D eigenvalue weighted by Gasteiger charge is 2.15. The van der Waals surface area contributed by atoms with Crippen LogP contribution in [0.2, 0.25) is 0 Å². The molecule has 0 heterocycles. The molecule has 0 spiro atoms. The lowest BCUT2D eigenvalue weighted by Crippen LogP contribution is -2.26. The highest BCUT2D eigenvalue weighted by molar-refractivity contribution is 14.1. The van der Waals surface area contributed by atoms with E-state index >= 15 is 0 Å². The smallest absolute Gasteiger partial charge is 0.252 e. The molecular weight excluding hydrogens is 445 g/mol. The third-order valence-corrected chi connectivity index (χ3v) is 4.74. The van der Waals surface area contributed by atoms with E-state index in [1.54, 1.807) is 26.4 Å². The number of nitrogens with one attached hydrogen (secondary N) is 1. The molecule has 0 fully saturated rings. The van der Waals surface area contributed by atoms with Crippen LogP contribution in [0, 0.1) is 3.57 Å². The SMILES string of the molecule is COc1cc(I)c(C(=O)NCCCOCCc2ccccc2)cc1OC. The Morgan fingerprint density at radius 2 is 1.73 bits per heavy atom. The fourth-order valence-electron chi connectivity index (χ4n) is 2.44. The second kappa shape index (κ2) is 11.0. The summed E-state index contributed by atoms with van der Waals surface area (Å²) in [6.07, 6.45) is 1.67. The summed E-state index contributed by atoms with van der Waals surface area (Å²) in [4.78, 5) is 12.4. The van der Waals surface area contributed by atoms with Gasteiger partial charge in [0.2, 0.25) is 0 Å². The lowest BCUT2D eigenvalue weighted by Gasteiger charge is -2.12. The Labute approximate surface area is 168 Å². The van der Waals surface area contributed by atoms with E-state index in [0.717, 1.165) is 16.4 Å². The fraction of sp³-hybridized carbons (Fsp3) is 0.350. The van der Waals surface area contributed by atoms with Crippen LogP contribution >= 0.6 is 22.6 Å². The number of carbonyl (C=O) groups is 1. The van der Waals surface area contributed by atoms with Gasteiger partial charge in [-0.2, -0.15) is 0 Å². The summed E-state index contributed by atoms with van der Waals surface area (Å²) >= 11 is 2.12. The topological polar surface area (TPSA) is 56.8 Å². The molecule has 2 aromatic carbocycles. The summed E-state index contributed by atoms with van der Waals surface area (Å²) in [5.74, 6) is 1.03. The molecule has 0 aliphatic rings. The Morgan fingerprint density at radius 3 is 2.42 bits per heavy atom. The Kier molecular flexibility index (Phi) is 8.70. The molecule has 1 N–H and O–H groups in total. The van der Waals surface area contributed by atoms with Crippen LogP contribution in [0.4, 0.5) is 0 Å². The van der Waals surface area contributed by atoms with Crippen LogP contribution in [0.15, 0.2) is 42.5 Å². The maximum absolute atomic E-state index is 12.4. The molecule has 0 saturated heterocycles. The number of methoxy groups -OCH3 is 2. The van der Waals surface area contributed by atoms with Crippen molar-refractivity contribution in [3.63, 3.8) is 0 Å². The Morgan fingerprint density at radius 1 is 1.04 bits per heavy atom. The third-order valence-electron chi connectivity index (χ3n) is 3.85. The zero-order valence-corrected chi connectivity index (χ0v) is 17.2. The summed E-state index contributed by atoms with van der Waals surface area (Å²) < 4.78 is 16.9. The number of hydrogen-bond acceptors (Lipinski definition) is 4.